The van der Waals surface area contributed by atoms with Crippen molar-refractivity contribution in [3.05, 3.63) is 53.6 Å². The van der Waals surface area contributed by atoms with Crippen LogP contribution in [0, 0.1) is 0 Å². The fraction of sp³-hybridized carbons (Fsp3) is 0.278. The predicted molar refractivity (Wildman–Crippen MR) is 95.0 cm³/mol. The van der Waals surface area contributed by atoms with E-state index in [4.69, 9.17) is 0 Å². The lowest BCUT2D eigenvalue weighted by Crippen LogP contribution is -2.29. The molecule has 2 aromatic rings. The predicted octanol–water partition coefficient (Wildman–Crippen LogP) is 3.87. The monoisotopic (exact) mass is 398 g/mol. The van der Waals surface area contributed by atoms with Gasteiger partial charge in [-0.1, -0.05) is 6.07 Å². The number of hydrogen-bond acceptors (Lipinski definition) is 3. The lowest BCUT2D eigenvalue weighted by molar-refractivity contribution is -0.167. The Bertz CT molecular complexity index is 955. The molecule has 2 aromatic carbocycles. The molecule has 9 heteroatoms. The number of benzene rings is 2. The normalized spacial score (nSPS) is 14.3. The molecule has 1 aliphatic rings. The van der Waals surface area contributed by atoms with Crippen molar-refractivity contribution in [2.45, 2.75) is 36.8 Å². The third-order valence-electron chi connectivity index (χ3n) is 4.28. The summed E-state index contributed by atoms with van der Waals surface area (Å²) in [6, 6.07) is 9.96. The smallest absolute Gasteiger partial charge is 0.318 e. The van der Waals surface area contributed by atoms with Crippen molar-refractivity contribution in [2.75, 3.05) is 10.0 Å². The summed E-state index contributed by atoms with van der Waals surface area (Å²) in [5.41, 5.74) is 2.27. The van der Waals surface area contributed by atoms with Gasteiger partial charge in [-0.25, -0.2) is 8.42 Å². The van der Waals surface area contributed by atoms with Gasteiger partial charge in [0.25, 0.3) is 10.0 Å². The molecule has 0 bridgehead atoms. The van der Waals surface area contributed by atoms with E-state index in [1.165, 1.54) is 24.3 Å². The topological polar surface area (TPSA) is 75.3 Å². The van der Waals surface area contributed by atoms with E-state index in [9.17, 15) is 26.4 Å². The lowest BCUT2D eigenvalue weighted by Gasteiger charge is -2.17. The van der Waals surface area contributed by atoms with E-state index in [0.717, 1.165) is 36.8 Å². The van der Waals surface area contributed by atoms with Gasteiger partial charge in [-0.3, -0.25) is 9.52 Å². The molecule has 0 aliphatic heterocycles. The van der Waals surface area contributed by atoms with Crippen LogP contribution < -0.4 is 10.0 Å². The van der Waals surface area contributed by atoms with Gasteiger partial charge in [0.1, 0.15) is 0 Å². The van der Waals surface area contributed by atoms with Crippen molar-refractivity contribution in [1.29, 1.82) is 0 Å². The molecule has 2 N–H and O–H groups in total. The third-order valence-corrected chi connectivity index (χ3v) is 5.66. The lowest BCUT2D eigenvalue weighted by atomic mass is 9.92. The molecule has 0 spiro atoms. The summed E-state index contributed by atoms with van der Waals surface area (Å²) in [6.07, 6.45) is -1.10. The molecule has 3 rings (SSSR count). The summed E-state index contributed by atoms with van der Waals surface area (Å²) in [6.45, 7) is 0. The molecule has 1 aliphatic carbocycles. The molecule has 0 aromatic heterocycles. The van der Waals surface area contributed by atoms with Crippen LogP contribution in [0.25, 0.3) is 0 Å². The average molecular weight is 398 g/mol. The second kappa shape index (κ2) is 7.22. The number of sulfonamides is 1. The Morgan fingerprint density at radius 1 is 0.889 bits per heavy atom. The van der Waals surface area contributed by atoms with Crippen molar-refractivity contribution < 1.29 is 26.4 Å². The Kier molecular flexibility index (Phi) is 5.14. The Morgan fingerprint density at radius 2 is 1.48 bits per heavy atom. The van der Waals surface area contributed by atoms with E-state index < -0.39 is 22.1 Å². The molecule has 0 unspecified atom stereocenters. The summed E-state index contributed by atoms with van der Waals surface area (Å²) >= 11 is 0. The van der Waals surface area contributed by atoms with Crippen LogP contribution in [-0.2, 0) is 27.7 Å². The first-order valence-electron chi connectivity index (χ1n) is 8.28. The molecule has 0 saturated heterocycles. The highest BCUT2D eigenvalue weighted by molar-refractivity contribution is 7.92. The van der Waals surface area contributed by atoms with Gasteiger partial charge in [-0.2, -0.15) is 13.2 Å². The number of carbonyl (C=O) groups is 1. The number of hydrogen-bond donors (Lipinski definition) is 2. The van der Waals surface area contributed by atoms with Gasteiger partial charge in [0.2, 0.25) is 0 Å². The highest BCUT2D eigenvalue weighted by Gasteiger charge is 2.38. The van der Waals surface area contributed by atoms with E-state index >= 15 is 0 Å². The number of fused-ring (bicyclic) bond motifs is 1. The van der Waals surface area contributed by atoms with Crippen molar-refractivity contribution in [2.24, 2.45) is 0 Å². The molecule has 0 radical (unpaired) electrons. The first kappa shape index (κ1) is 19.2. The second-order valence-electron chi connectivity index (χ2n) is 6.27. The van der Waals surface area contributed by atoms with E-state index in [1.807, 2.05) is 6.07 Å². The number of amides is 1. The maximum absolute atomic E-state index is 12.6. The molecular formula is C18H17F3N2O3S. The molecular weight excluding hydrogens is 381 g/mol. The zero-order valence-corrected chi connectivity index (χ0v) is 15.0. The van der Waals surface area contributed by atoms with E-state index in [0.29, 0.717) is 0 Å². The Balaban J connectivity index is 1.73. The van der Waals surface area contributed by atoms with Crippen LogP contribution in [0.5, 0.6) is 0 Å². The molecule has 0 heterocycles. The number of carbonyl (C=O) groups excluding carboxylic acids is 1. The number of rotatable bonds is 4. The summed E-state index contributed by atoms with van der Waals surface area (Å²) in [4.78, 5) is 11.0. The van der Waals surface area contributed by atoms with Gasteiger partial charge >= 0.3 is 12.1 Å². The maximum atomic E-state index is 12.6. The first-order chi connectivity index (χ1) is 12.6. The highest BCUT2D eigenvalue weighted by Crippen LogP contribution is 2.26. The van der Waals surface area contributed by atoms with Crippen LogP contribution in [0.1, 0.15) is 24.0 Å². The number of alkyl halides is 3. The van der Waals surface area contributed by atoms with Gasteiger partial charge in [0, 0.05) is 11.4 Å². The molecule has 0 saturated carbocycles. The van der Waals surface area contributed by atoms with Gasteiger partial charge in [-0.15, -0.1) is 0 Å². The average Bonchev–Trinajstić information content (AvgIpc) is 2.62. The first-order valence-corrected chi connectivity index (χ1v) is 9.76. The van der Waals surface area contributed by atoms with Crippen molar-refractivity contribution in [3.63, 3.8) is 0 Å². The summed E-state index contributed by atoms with van der Waals surface area (Å²) in [7, 11) is -3.82. The fourth-order valence-corrected chi connectivity index (χ4v) is 4.02. The van der Waals surface area contributed by atoms with Crippen molar-refractivity contribution in [1.82, 2.24) is 0 Å². The van der Waals surface area contributed by atoms with E-state index in [-0.39, 0.29) is 16.3 Å². The summed E-state index contributed by atoms with van der Waals surface area (Å²) in [5, 5.41) is 1.70. The zero-order chi connectivity index (χ0) is 19.7. The molecule has 1 amide bonds. The van der Waals surface area contributed by atoms with Gasteiger partial charge in [-0.05, 0) is 73.2 Å². The Labute approximate surface area is 154 Å². The van der Waals surface area contributed by atoms with Crippen molar-refractivity contribution in [3.8, 4) is 0 Å². The second-order valence-corrected chi connectivity index (χ2v) is 7.95. The molecule has 144 valence electrons. The molecule has 0 atom stereocenters. The zero-order valence-electron chi connectivity index (χ0n) is 14.1. The van der Waals surface area contributed by atoms with Crippen LogP contribution in [0.4, 0.5) is 24.5 Å². The number of anilines is 2. The summed E-state index contributed by atoms with van der Waals surface area (Å²) < 4.78 is 64.2. The third kappa shape index (κ3) is 4.60. The minimum Gasteiger partial charge on any atom is -0.318 e. The quantitative estimate of drug-likeness (QED) is 0.821. The van der Waals surface area contributed by atoms with Crippen molar-refractivity contribution >= 4 is 27.3 Å². The van der Waals surface area contributed by atoms with Gasteiger partial charge in [0.15, 0.2) is 0 Å². The summed E-state index contributed by atoms with van der Waals surface area (Å²) in [5.74, 6) is -2.09. The Hall–Kier alpha value is -2.55. The number of halogens is 3. The van der Waals surface area contributed by atoms with Crippen LogP contribution >= 0.6 is 0 Å². The maximum Gasteiger partial charge on any atom is 0.471 e. The van der Waals surface area contributed by atoms with E-state index in [2.05, 4.69) is 4.72 Å². The SMILES string of the molecule is O=C(Nc1ccc(NS(=O)(=O)c2ccc3c(c2)CCCC3)cc1)C(F)(F)F. The minimum absolute atomic E-state index is 0.0888. The highest BCUT2D eigenvalue weighted by atomic mass is 32.2. The van der Waals surface area contributed by atoms with Crippen LogP contribution in [0.15, 0.2) is 47.4 Å². The number of aryl methyl sites for hydroxylation is 2. The van der Waals surface area contributed by atoms with E-state index in [1.54, 1.807) is 17.4 Å². The standard InChI is InChI=1S/C18H17F3N2O3S/c19-18(20,21)17(24)22-14-6-8-15(9-7-14)23-27(25,26)16-10-5-12-3-1-2-4-13(12)11-16/h5-11,23H,1-4H2,(H,22,24). The Morgan fingerprint density at radius 3 is 2.11 bits per heavy atom. The minimum atomic E-state index is -4.99. The van der Waals surface area contributed by atoms with Gasteiger partial charge < -0.3 is 5.32 Å². The van der Waals surface area contributed by atoms with Crippen LogP contribution in [0.2, 0.25) is 0 Å². The number of nitrogens with one attached hydrogen (secondary N) is 2. The molecule has 27 heavy (non-hydrogen) atoms. The van der Waals surface area contributed by atoms with Gasteiger partial charge in [0.05, 0.1) is 4.90 Å². The van der Waals surface area contributed by atoms with Crippen LogP contribution in [-0.4, -0.2) is 20.5 Å². The fourth-order valence-electron chi connectivity index (χ4n) is 2.91. The molecule has 5 nitrogen and oxygen atoms in total. The largest absolute Gasteiger partial charge is 0.471 e. The molecule has 0 fully saturated rings. The van der Waals surface area contributed by atoms with Crippen LogP contribution in [0.3, 0.4) is 0 Å².